The van der Waals surface area contributed by atoms with Gasteiger partial charge in [-0.1, -0.05) is 6.07 Å². The number of nitrogens with zero attached hydrogens (tertiary/aromatic N) is 3. The Labute approximate surface area is 91.7 Å². The Hall–Kier alpha value is -2.37. The lowest BCUT2D eigenvalue weighted by molar-refractivity contribution is -0.383. The molecule has 0 radical (unpaired) electrons. The maximum Gasteiger partial charge on any atom is 0.316 e. The van der Waals surface area contributed by atoms with Crippen molar-refractivity contribution in [2.75, 3.05) is 12.4 Å². The van der Waals surface area contributed by atoms with E-state index in [0.29, 0.717) is 11.4 Å². The van der Waals surface area contributed by atoms with Gasteiger partial charge in [0, 0.05) is 19.4 Å². The van der Waals surface area contributed by atoms with Gasteiger partial charge in [0.1, 0.15) is 11.4 Å². The van der Waals surface area contributed by atoms with Crippen LogP contribution in [0.5, 0.6) is 0 Å². The summed E-state index contributed by atoms with van der Waals surface area (Å²) < 4.78 is 1.61. The number of rotatable bonds is 3. The lowest BCUT2D eigenvalue weighted by Crippen LogP contribution is -2.02. The third-order valence-corrected chi connectivity index (χ3v) is 2.25. The van der Waals surface area contributed by atoms with Crippen molar-refractivity contribution in [2.24, 2.45) is 0 Å². The molecule has 0 amide bonds. The molecule has 0 spiro atoms. The number of hydrogen-bond donors (Lipinski definition) is 1. The van der Waals surface area contributed by atoms with Gasteiger partial charge in [0.2, 0.25) is 0 Å². The van der Waals surface area contributed by atoms with E-state index < -0.39 is 4.92 Å². The minimum absolute atomic E-state index is 0.0444. The van der Waals surface area contributed by atoms with Crippen molar-refractivity contribution in [3.8, 4) is 5.69 Å². The minimum atomic E-state index is -0.402. The van der Waals surface area contributed by atoms with Gasteiger partial charge in [-0.2, -0.15) is 0 Å². The standard InChI is InChI=1S/C10H10N4O2/c1-11-8-3-2-4-9(10(8)14(15)16)13-6-5-12-7-13/h2-7,11H,1H3. The van der Waals surface area contributed by atoms with Crippen molar-refractivity contribution >= 4 is 11.4 Å². The summed E-state index contributed by atoms with van der Waals surface area (Å²) in [5, 5.41) is 13.8. The van der Waals surface area contributed by atoms with Gasteiger partial charge in [-0.05, 0) is 12.1 Å². The van der Waals surface area contributed by atoms with Crippen molar-refractivity contribution in [3.05, 3.63) is 47.0 Å². The van der Waals surface area contributed by atoms with E-state index in [4.69, 9.17) is 0 Å². The molecule has 0 aliphatic carbocycles. The Morgan fingerprint density at radius 1 is 1.50 bits per heavy atom. The summed E-state index contributed by atoms with van der Waals surface area (Å²) in [4.78, 5) is 14.5. The first-order chi connectivity index (χ1) is 7.74. The Morgan fingerprint density at radius 2 is 2.31 bits per heavy atom. The van der Waals surface area contributed by atoms with Crippen LogP contribution in [0.25, 0.3) is 5.69 Å². The second-order valence-electron chi connectivity index (χ2n) is 3.15. The molecule has 0 unspecified atom stereocenters. The van der Waals surface area contributed by atoms with Crippen LogP contribution in [0.3, 0.4) is 0 Å². The number of imidazole rings is 1. The molecule has 0 aliphatic heterocycles. The largest absolute Gasteiger partial charge is 0.382 e. The fourth-order valence-corrected chi connectivity index (χ4v) is 1.53. The second-order valence-corrected chi connectivity index (χ2v) is 3.15. The van der Waals surface area contributed by atoms with E-state index in [-0.39, 0.29) is 5.69 Å². The topological polar surface area (TPSA) is 73.0 Å². The van der Waals surface area contributed by atoms with Gasteiger partial charge in [0.05, 0.1) is 11.3 Å². The SMILES string of the molecule is CNc1cccc(-n2ccnc2)c1[N+](=O)[O-]. The monoisotopic (exact) mass is 218 g/mol. The fourth-order valence-electron chi connectivity index (χ4n) is 1.53. The molecular weight excluding hydrogens is 208 g/mol. The molecule has 2 rings (SSSR count). The zero-order chi connectivity index (χ0) is 11.5. The molecule has 1 aromatic carbocycles. The van der Waals surface area contributed by atoms with Gasteiger partial charge < -0.3 is 9.88 Å². The normalized spacial score (nSPS) is 10.1. The van der Waals surface area contributed by atoms with E-state index in [1.165, 1.54) is 6.33 Å². The van der Waals surface area contributed by atoms with Gasteiger partial charge in [-0.3, -0.25) is 10.1 Å². The van der Waals surface area contributed by atoms with Crippen LogP contribution in [-0.4, -0.2) is 21.5 Å². The molecular formula is C10H10N4O2. The molecule has 6 nitrogen and oxygen atoms in total. The number of aromatic nitrogens is 2. The summed E-state index contributed by atoms with van der Waals surface area (Å²) in [5.74, 6) is 0. The number of para-hydroxylation sites is 1. The molecule has 6 heteroatoms. The number of nitrogens with one attached hydrogen (secondary N) is 1. The first-order valence-corrected chi connectivity index (χ1v) is 4.67. The van der Waals surface area contributed by atoms with Crippen LogP contribution >= 0.6 is 0 Å². The first-order valence-electron chi connectivity index (χ1n) is 4.67. The van der Waals surface area contributed by atoms with Gasteiger partial charge in [-0.25, -0.2) is 4.98 Å². The smallest absolute Gasteiger partial charge is 0.316 e. The molecule has 2 aromatic rings. The van der Waals surface area contributed by atoms with E-state index in [9.17, 15) is 10.1 Å². The number of nitro groups is 1. The molecule has 0 aliphatic rings. The molecule has 0 saturated heterocycles. The second kappa shape index (κ2) is 4.01. The predicted molar refractivity (Wildman–Crippen MR) is 59.8 cm³/mol. The van der Waals surface area contributed by atoms with Crippen LogP contribution in [0.4, 0.5) is 11.4 Å². The summed E-state index contributed by atoms with van der Waals surface area (Å²) >= 11 is 0. The summed E-state index contributed by atoms with van der Waals surface area (Å²) in [6.45, 7) is 0. The molecule has 1 heterocycles. The first kappa shape index (κ1) is 10.2. The Bertz CT molecular complexity index is 508. The average Bonchev–Trinajstić information content (AvgIpc) is 2.81. The van der Waals surface area contributed by atoms with E-state index in [1.807, 2.05) is 0 Å². The van der Waals surface area contributed by atoms with Crippen molar-refractivity contribution in [1.29, 1.82) is 0 Å². The molecule has 82 valence electrons. The van der Waals surface area contributed by atoms with Crippen molar-refractivity contribution in [2.45, 2.75) is 0 Å². The number of hydrogen-bond acceptors (Lipinski definition) is 4. The van der Waals surface area contributed by atoms with E-state index in [0.717, 1.165) is 0 Å². The van der Waals surface area contributed by atoms with Gasteiger partial charge in [-0.15, -0.1) is 0 Å². The summed E-state index contributed by atoms with van der Waals surface area (Å²) in [6.07, 6.45) is 4.78. The van der Waals surface area contributed by atoms with Gasteiger partial charge >= 0.3 is 5.69 Å². The summed E-state index contributed by atoms with van der Waals surface area (Å²) in [7, 11) is 1.65. The van der Waals surface area contributed by atoms with Crippen LogP contribution in [0.1, 0.15) is 0 Å². The van der Waals surface area contributed by atoms with Crippen molar-refractivity contribution < 1.29 is 4.92 Å². The molecule has 1 N–H and O–H groups in total. The highest BCUT2D eigenvalue weighted by Gasteiger charge is 2.19. The Morgan fingerprint density at radius 3 is 2.88 bits per heavy atom. The van der Waals surface area contributed by atoms with Crippen LogP contribution < -0.4 is 5.32 Å². The maximum absolute atomic E-state index is 11.0. The minimum Gasteiger partial charge on any atom is -0.382 e. The van der Waals surface area contributed by atoms with Crippen LogP contribution in [-0.2, 0) is 0 Å². The highest BCUT2D eigenvalue weighted by atomic mass is 16.6. The van der Waals surface area contributed by atoms with E-state index in [2.05, 4.69) is 10.3 Å². The Kier molecular flexibility index (Phi) is 2.55. The predicted octanol–water partition coefficient (Wildman–Crippen LogP) is 1.82. The van der Waals surface area contributed by atoms with E-state index >= 15 is 0 Å². The van der Waals surface area contributed by atoms with Crippen LogP contribution in [0, 0.1) is 10.1 Å². The molecule has 1 aromatic heterocycles. The zero-order valence-electron chi connectivity index (χ0n) is 8.62. The molecule has 0 saturated carbocycles. The molecule has 0 fully saturated rings. The fraction of sp³-hybridized carbons (Fsp3) is 0.100. The summed E-state index contributed by atoms with van der Waals surface area (Å²) in [5.41, 5.74) is 1.02. The molecule has 16 heavy (non-hydrogen) atoms. The Balaban J connectivity index is 2.65. The highest BCUT2D eigenvalue weighted by Crippen LogP contribution is 2.30. The third kappa shape index (κ3) is 1.60. The van der Waals surface area contributed by atoms with Crippen molar-refractivity contribution in [1.82, 2.24) is 9.55 Å². The summed E-state index contributed by atoms with van der Waals surface area (Å²) in [6, 6.07) is 5.10. The number of anilines is 1. The number of nitro benzene ring substituents is 1. The lowest BCUT2D eigenvalue weighted by Gasteiger charge is -2.07. The molecule has 0 atom stereocenters. The third-order valence-electron chi connectivity index (χ3n) is 2.25. The lowest BCUT2D eigenvalue weighted by atomic mass is 10.2. The van der Waals surface area contributed by atoms with Crippen LogP contribution in [0.15, 0.2) is 36.9 Å². The van der Waals surface area contributed by atoms with E-state index in [1.54, 1.807) is 42.2 Å². The van der Waals surface area contributed by atoms with Crippen molar-refractivity contribution in [3.63, 3.8) is 0 Å². The molecule has 0 bridgehead atoms. The van der Waals surface area contributed by atoms with Gasteiger partial charge in [0.15, 0.2) is 0 Å². The highest BCUT2D eigenvalue weighted by molar-refractivity contribution is 5.70. The van der Waals surface area contributed by atoms with Gasteiger partial charge in [0.25, 0.3) is 0 Å². The zero-order valence-corrected chi connectivity index (χ0v) is 8.62. The average molecular weight is 218 g/mol. The van der Waals surface area contributed by atoms with Crippen LogP contribution in [0.2, 0.25) is 0 Å². The maximum atomic E-state index is 11.0. The number of benzene rings is 1. The quantitative estimate of drug-likeness (QED) is 0.630.